The summed E-state index contributed by atoms with van der Waals surface area (Å²) in [5, 5.41) is 19.7. The van der Waals surface area contributed by atoms with Gasteiger partial charge < -0.3 is 14.9 Å². The fourth-order valence-corrected chi connectivity index (χ4v) is 6.73. The zero-order valence-corrected chi connectivity index (χ0v) is 15.8. The van der Waals surface area contributed by atoms with E-state index in [-0.39, 0.29) is 35.4 Å². The predicted molar refractivity (Wildman–Crippen MR) is 94.4 cm³/mol. The largest absolute Gasteiger partial charge is 0.431 e. The molecule has 2 N–H and O–H groups in total. The highest BCUT2D eigenvalue weighted by Gasteiger charge is 2.59. The first kappa shape index (κ1) is 17.5. The van der Waals surface area contributed by atoms with Gasteiger partial charge in [-0.05, 0) is 67.8 Å². The van der Waals surface area contributed by atoms with E-state index in [0.29, 0.717) is 24.2 Å². The standard InChI is InChI=1S/C21H32O4/c1-12(11-22)14-4-5-15-18-16(7-9-20(14,15)2)21(3)8-6-13(23)10-17(21)19(24)25-18/h12-15,17,22-23H,4-11H2,1-3H3/t12-,13+,14-,15+,17-,20-,21-/m1/s1. The average Bonchev–Trinajstić information content (AvgIpc) is 2.93. The molecular formula is C21H32O4. The summed E-state index contributed by atoms with van der Waals surface area (Å²) in [5.74, 6) is 1.76. The lowest BCUT2D eigenvalue weighted by atomic mass is 9.55. The van der Waals surface area contributed by atoms with E-state index in [1.807, 2.05) is 0 Å². The molecular weight excluding hydrogens is 316 g/mol. The maximum atomic E-state index is 12.8. The Hall–Kier alpha value is -0.870. The Balaban J connectivity index is 1.72. The number of aliphatic hydroxyl groups excluding tert-OH is 2. The van der Waals surface area contributed by atoms with Crippen molar-refractivity contribution in [2.75, 3.05) is 6.61 Å². The Bertz CT molecular complexity index is 611. The van der Waals surface area contributed by atoms with Gasteiger partial charge in [-0.1, -0.05) is 20.8 Å². The van der Waals surface area contributed by atoms with E-state index in [4.69, 9.17) is 4.74 Å². The van der Waals surface area contributed by atoms with Gasteiger partial charge in [-0.3, -0.25) is 4.79 Å². The minimum atomic E-state index is -0.372. The Labute approximate surface area is 150 Å². The summed E-state index contributed by atoms with van der Waals surface area (Å²) in [4.78, 5) is 12.8. The van der Waals surface area contributed by atoms with Crippen molar-refractivity contribution in [2.45, 2.75) is 71.8 Å². The quantitative estimate of drug-likeness (QED) is 0.751. The number of carbonyl (C=O) groups is 1. The van der Waals surface area contributed by atoms with Crippen molar-refractivity contribution in [1.29, 1.82) is 0 Å². The van der Waals surface area contributed by atoms with Gasteiger partial charge in [-0.2, -0.15) is 0 Å². The third-order valence-electron chi connectivity index (χ3n) is 8.37. The van der Waals surface area contributed by atoms with E-state index in [0.717, 1.165) is 44.3 Å². The van der Waals surface area contributed by atoms with Gasteiger partial charge in [-0.15, -0.1) is 0 Å². The second kappa shape index (κ2) is 5.82. The van der Waals surface area contributed by atoms with Crippen molar-refractivity contribution in [3.8, 4) is 0 Å². The van der Waals surface area contributed by atoms with E-state index in [2.05, 4.69) is 20.8 Å². The lowest BCUT2D eigenvalue weighted by molar-refractivity contribution is -0.159. The first-order valence-electron chi connectivity index (χ1n) is 10.1. The number of hydrogen-bond acceptors (Lipinski definition) is 4. The van der Waals surface area contributed by atoms with Crippen LogP contribution in [0.25, 0.3) is 0 Å². The molecule has 7 atom stereocenters. The van der Waals surface area contributed by atoms with Gasteiger partial charge in [0.2, 0.25) is 0 Å². The van der Waals surface area contributed by atoms with Crippen molar-refractivity contribution in [2.24, 2.45) is 34.5 Å². The first-order chi connectivity index (χ1) is 11.8. The zero-order chi connectivity index (χ0) is 18.0. The molecule has 0 amide bonds. The van der Waals surface area contributed by atoms with E-state index < -0.39 is 0 Å². The van der Waals surface area contributed by atoms with Crippen LogP contribution >= 0.6 is 0 Å². The van der Waals surface area contributed by atoms with Crippen LogP contribution in [-0.2, 0) is 9.53 Å². The molecule has 2 saturated carbocycles. The van der Waals surface area contributed by atoms with Crippen LogP contribution in [0.4, 0.5) is 0 Å². The Kier molecular flexibility index (Phi) is 4.08. The molecule has 1 aliphatic heterocycles. The van der Waals surface area contributed by atoms with Crippen molar-refractivity contribution >= 4 is 5.97 Å². The van der Waals surface area contributed by atoms with Crippen molar-refractivity contribution in [3.63, 3.8) is 0 Å². The maximum absolute atomic E-state index is 12.8. The molecule has 25 heavy (non-hydrogen) atoms. The molecule has 0 spiro atoms. The van der Waals surface area contributed by atoms with Crippen LogP contribution in [-0.4, -0.2) is 28.9 Å². The monoisotopic (exact) mass is 348 g/mol. The lowest BCUT2D eigenvalue weighted by Crippen LogP contribution is -2.50. The molecule has 0 aromatic carbocycles. The highest BCUT2D eigenvalue weighted by Crippen LogP contribution is 2.64. The number of allylic oxidation sites excluding steroid dienone is 2. The molecule has 4 aliphatic rings. The number of hydrogen-bond donors (Lipinski definition) is 2. The Morgan fingerprint density at radius 2 is 1.96 bits per heavy atom. The first-order valence-corrected chi connectivity index (χ1v) is 10.1. The van der Waals surface area contributed by atoms with Gasteiger partial charge >= 0.3 is 5.97 Å². The van der Waals surface area contributed by atoms with E-state index >= 15 is 0 Å². The lowest BCUT2D eigenvalue weighted by Gasteiger charge is -2.53. The molecule has 140 valence electrons. The van der Waals surface area contributed by atoms with Crippen LogP contribution in [0.3, 0.4) is 0 Å². The summed E-state index contributed by atoms with van der Waals surface area (Å²) in [6, 6.07) is 0. The van der Waals surface area contributed by atoms with Gasteiger partial charge in [-0.25, -0.2) is 0 Å². The second-order valence-corrected chi connectivity index (χ2v) is 9.56. The molecule has 3 aliphatic carbocycles. The summed E-state index contributed by atoms with van der Waals surface area (Å²) in [5.41, 5.74) is 1.36. The van der Waals surface area contributed by atoms with Crippen LogP contribution < -0.4 is 0 Å². The molecule has 0 radical (unpaired) electrons. The van der Waals surface area contributed by atoms with Crippen molar-refractivity contribution in [3.05, 3.63) is 11.3 Å². The minimum Gasteiger partial charge on any atom is -0.431 e. The molecule has 0 bridgehead atoms. The minimum absolute atomic E-state index is 0.122. The number of esters is 1. The average molecular weight is 348 g/mol. The molecule has 1 heterocycles. The number of rotatable bonds is 2. The van der Waals surface area contributed by atoms with Crippen LogP contribution in [0.1, 0.15) is 65.7 Å². The van der Waals surface area contributed by atoms with Gasteiger partial charge in [0.1, 0.15) is 5.76 Å². The summed E-state index contributed by atoms with van der Waals surface area (Å²) >= 11 is 0. The van der Waals surface area contributed by atoms with Crippen LogP contribution in [0, 0.1) is 34.5 Å². The number of ether oxygens (including phenoxy) is 1. The summed E-state index contributed by atoms with van der Waals surface area (Å²) < 4.78 is 5.98. The third kappa shape index (κ3) is 2.36. The third-order valence-corrected chi connectivity index (χ3v) is 8.37. The molecule has 0 aromatic heterocycles. The van der Waals surface area contributed by atoms with E-state index in [1.54, 1.807) is 0 Å². The normalized spacial score (nSPS) is 47.6. The van der Waals surface area contributed by atoms with Crippen molar-refractivity contribution in [1.82, 2.24) is 0 Å². The SMILES string of the molecule is C[C@H](CO)[C@H]1CC[C@H]2C3=C(CC[C@]12C)[C@@]1(C)CC[C@H](O)C[C@@H]1C(=O)O3. The molecule has 2 fully saturated rings. The van der Waals surface area contributed by atoms with Gasteiger partial charge in [0, 0.05) is 17.9 Å². The number of carbonyl (C=O) groups excluding carboxylic acids is 1. The smallest absolute Gasteiger partial charge is 0.315 e. The molecule has 4 heteroatoms. The molecule has 0 aromatic rings. The van der Waals surface area contributed by atoms with E-state index in [1.165, 1.54) is 5.57 Å². The topological polar surface area (TPSA) is 66.8 Å². The highest BCUT2D eigenvalue weighted by atomic mass is 16.5. The van der Waals surface area contributed by atoms with Gasteiger partial charge in [0.05, 0.1) is 12.0 Å². The van der Waals surface area contributed by atoms with Crippen LogP contribution in [0.5, 0.6) is 0 Å². The Morgan fingerprint density at radius 1 is 1.20 bits per heavy atom. The van der Waals surface area contributed by atoms with Crippen LogP contribution in [0.15, 0.2) is 11.3 Å². The highest BCUT2D eigenvalue weighted by molar-refractivity contribution is 5.77. The zero-order valence-electron chi connectivity index (χ0n) is 15.8. The number of aliphatic hydroxyl groups is 2. The molecule has 4 rings (SSSR count). The molecule has 4 nitrogen and oxygen atoms in total. The Morgan fingerprint density at radius 3 is 2.68 bits per heavy atom. The maximum Gasteiger partial charge on any atom is 0.315 e. The molecule has 0 saturated heterocycles. The second-order valence-electron chi connectivity index (χ2n) is 9.56. The fourth-order valence-electron chi connectivity index (χ4n) is 6.73. The van der Waals surface area contributed by atoms with Crippen molar-refractivity contribution < 1.29 is 19.7 Å². The van der Waals surface area contributed by atoms with Gasteiger partial charge in [0.25, 0.3) is 0 Å². The summed E-state index contributed by atoms with van der Waals surface area (Å²) in [7, 11) is 0. The predicted octanol–water partition coefficient (Wildman–Crippen LogP) is 3.42. The summed E-state index contributed by atoms with van der Waals surface area (Å²) in [6.45, 7) is 6.95. The van der Waals surface area contributed by atoms with Gasteiger partial charge in [0.15, 0.2) is 0 Å². The van der Waals surface area contributed by atoms with Crippen LogP contribution in [0.2, 0.25) is 0 Å². The number of fused-ring (bicyclic) bond motifs is 4. The van der Waals surface area contributed by atoms with E-state index in [9.17, 15) is 15.0 Å². The fraction of sp³-hybridized carbons (Fsp3) is 0.857. The molecule has 0 unspecified atom stereocenters. The summed E-state index contributed by atoms with van der Waals surface area (Å²) in [6.07, 6.45) is 6.11.